The van der Waals surface area contributed by atoms with Crippen LogP contribution in [0.15, 0.2) is 22.7 Å². The van der Waals surface area contributed by atoms with E-state index in [2.05, 4.69) is 51.7 Å². The number of rotatable bonds is 5. The molecule has 0 bridgehead atoms. The number of carbonyl (C=O) groups is 1. The van der Waals surface area contributed by atoms with Gasteiger partial charge in [-0.05, 0) is 51.8 Å². The van der Waals surface area contributed by atoms with E-state index in [0.717, 1.165) is 11.0 Å². The maximum Gasteiger partial charge on any atom is 0.407 e. The maximum absolute atomic E-state index is 11.6. The van der Waals surface area contributed by atoms with Crippen LogP contribution in [0.25, 0.3) is 0 Å². The summed E-state index contributed by atoms with van der Waals surface area (Å²) in [4.78, 5) is 11.6. The van der Waals surface area contributed by atoms with Crippen molar-refractivity contribution in [3.8, 4) is 0 Å². The predicted molar refractivity (Wildman–Crippen MR) is 89.4 cm³/mol. The third kappa shape index (κ3) is 7.48. The Morgan fingerprint density at radius 1 is 1.38 bits per heavy atom. The van der Waals surface area contributed by atoms with E-state index in [4.69, 9.17) is 4.74 Å². The molecule has 0 radical (unpaired) electrons. The molecule has 118 valence electrons. The van der Waals surface area contributed by atoms with Crippen LogP contribution in [0.2, 0.25) is 0 Å². The molecule has 0 aromatic heterocycles. The second kappa shape index (κ2) is 7.80. The van der Waals surface area contributed by atoms with Crippen LogP contribution in [0.4, 0.5) is 4.79 Å². The number of halogens is 1. The quantitative estimate of drug-likeness (QED) is 0.844. The first-order valence-electron chi connectivity index (χ1n) is 7.12. The Morgan fingerprint density at radius 3 is 2.62 bits per heavy atom. The highest BCUT2D eigenvalue weighted by Crippen LogP contribution is 2.18. The van der Waals surface area contributed by atoms with Crippen molar-refractivity contribution in [1.82, 2.24) is 10.6 Å². The van der Waals surface area contributed by atoms with E-state index in [1.54, 1.807) is 0 Å². The van der Waals surface area contributed by atoms with Crippen molar-refractivity contribution in [3.63, 3.8) is 0 Å². The summed E-state index contributed by atoms with van der Waals surface area (Å²) >= 11 is 3.56. The lowest BCUT2D eigenvalue weighted by Gasteiger charge is -2.21. The molecule has 5 heteroatoms. The molecular formula is C16H25BrN2O2. The van der Waals surface area contributed by atoms with Gasteiger partial charge in [0.25, 0.3) is 0 Å². The average molecular weight is 357 g/mol. The Morgan fingerprint density at radius 2 is 2.05 bits per heavy atom. The van der Waals surface area contributed by atoms with Crippen LogP contribution >= 0.6 is 15.9 Å². The van der Waals surface area contributed by atoms with Gasteiger partial charge in [-0.1, -0.05) is 28.1 Å². The molecule has 0 aliphatic rings. The number of ether oxygens (including phenoxy) is 1. The van der Waals surface area contributed by atoms with E-state index < -0.39 is 5.60 Å². The smallest absolute Gasteiger partial charge is 0.407 e. The molecule has 0 spiro atoms. The summed E-state index contributed by atoms with van der Waals surface area (Å²) in [6.07, 6.45) is -0.382. The summed E-state index contributed by atoms with van der Waals surface area (Å²) in [5.41, 5.74) is 1.96. The third-order valence-corrected chi connectivity index (χ3v) is 3.54. The van der Waals surface area contributed by atoms with Gasteiger partial charge in [-0.25, -0.2) is 4.79 Å². The van der Waals surface area contributed by atoms with Crippen molar-refractivity contribution in [2.24, 2.45) is 0 Å². The Hall–Kier alpha value is -1.07. The normalized spacial score (nSPS) is 12.9. The number of alkyl carbamates (subject to hydrolysis) is 1. The van der Waals surface area contributed by atoms with E-state index in [1.807, 2.05) is 27.7 Å². The number of carbonyl (C=O) groups excluding carboxylic acids is 1. The van der Waals surface area contributed by atoms with E-state index >= 15 is 0 Å². The van der Waals surface area contributed by atoms with E-state index in [1.165, 1.54) is 11.1 Å². The van der Waals surface area contributed by atoms with Crippen molar-refractivity contribution in [2.45, 2.75) is 52.8 Å². The lowest BCUT2D eigenvalue weighted by atomic mass is 10.1. The zero-order valence-electron chi connectivity index (χ0n) is 13.4. The van der Waals surface area contributed by atoms with Gasteiger partial charge < -0.3 is 15.4 Å². The van der Waals surface area contributed by atoms with Crippen LogP contribution in [-0.2, 0) is 11.3 Å². The molecular weight excluding hydrogens is 332 g/mol. The summed E-state index contributed by atoms with van der Waals surface area (Å²) in [7, 11) is 0. The molecule has 0 saturated carbocycles. The second-order valence-electron chi connectivity index (χ2n) is 6.26. The molecule has 21 heavy (non-hydrogen) atoms. The first-order chi connectivity index (χ1) is 9.67. The molecule has 0 heterocycles. The summed E-state index contributed by atoms with van der Waals surface area (Å²) < 4.78 is 6.30. The Bertz CT molecular complexity index is 484. The largest absolute Gasteiger partial charge is 0.444 e. The highest BCUT2D eigenvalue weighted by molar-refractivity contribution is 9.10. The Labute approximate surface area is 135 Å². The fourth-order valence-electron chi connectivity index (χ4n) is 1.70. The van der Waals surface area contributed by atoms with Gasteiger partial charge in [-0.3, -0.25) is 0 Å². The molecule has 4 nitrogen and oxygen atoms in total. The number of amides is 1. The Kier molecular flexibility index (Phi) is 6.68. The number of hydrogen-bond donors (Lipinski definition) is 2. The molecule has 1 rings (SSSR count). The second-order valence-corrected chi connectivity index (χ2v) is 7.11. The fraction of sp³-hybridized carbons (Fsp3) is 0.562. The van der Waals surface area contributed by atoms with Crippen LogP contribution in [0, 0.1) is 6.92 Å². The summed E-state index contributed by atoms with van der Waals surface area (Å²) in [6.45, 7) is 10.9. The van der Waals surface area contributed by atoms with Crippen LogP contribution in [-0.4, -0.2) is 24.3 Å². The van der Waals surface area contributed by atoms with E-state index in [-0.39, 0.29) is 12.1 Å². The molecule has 0 fully saturated rings. The highest BCUT2D eigenvalue weighted by Gasteiger charge is 2.16. The zero-order valence-corrected chi connectivity index (χ0v) is 15.0. The van der Waals surface area contributed by atoms with Gasteiger partial charge in [0.05, 0.1) is 0 Å². The monoisotopic (exact) mass is 356 g/mol. The lowest BCUT2D eigenvalue weighted by molar-refractivity contribution is 0.0523. The molecule has 1 atom stereocenters. The first-order valence-corrected chi connectivity index (χ1v) is 7.92. The van der Waals surface area contributed by atoms with Gasteiger partial charge in [0.15, 0.2) is 0 Å². The molecule has 0 aliphatic heterocycles. The summed E-state index contributed by atoms with van der Waals surface area (Å²) in [5.74, 6) is 0. The summed E-state index contributed by atoms with van der Waals surface area (Å²) in [6, 6.07) is 6.44. The van der Waals surface area contributed by atoms with Gasteiger partial charge in [0.2, 0.25) is 0 Å². The SMILES string of the molecule is Cc1ccc(CNC(C)CNC(=O)OC(C)(C)C)c(Br)c1. The average Bonchev–Trinajstić information content (AvgIpc) is 2.33. The number of benzene rings is 1. The standard InChI is InChI=1S/C16H25BrN2O2/c1-11-6-7-13(14(17)8-11)10-18-12(2)9-19-15(20)21-16(3,4)5/h6-8,12,18H,9-10H2,1-5H3,(H,19,20). The molecule has 1 unspecified atom stereocenters. The minimum Gasteiger partial charge on any atom is -0.444 e. The molecule has 1 aromatic carbocycles. The van der Waals surface area contributed by atoms with Crippen molar-refractivity contribution < 1.29 is 9.53 Å². The predicted octanol–water partition coefficient (Wildman–Crippen LogP) is 3.76. The van der Waals surface area contributed by atoms with Crippen molar-refractivity contribution >= 4 is 22.0 Å². The molecule has 1 amide bonds. The van der Waals surface area contributed by atoms with Crippen molar-refractivity contribution in [3.05, 3.63) is 33.8 Å². The van der Waals surface area contributed by atoms with Gasteiger partial charge in [0, 0.05) is 23.6 Å². The van der Waals surface area contributed by atoms with Crippen LogP contribution in [0.5, 0.6) is 0 Å². The highest BCUT2D eigenvalue weighted by atomic mass is 79.9. The lowest BCUT2D eigenvalue weighted by Crippen LogP contribution is -2.41. The minimum atomic E-state index is -0.465. The zero-order chi connectivity index (χ0) is 16.0. The fourth-order valence-corrected chi connectivity index (χ4v) is 2.34. The van der Waals surface area contributed by atoms with Gasteiger partial charge in [0.1, 0.15) is 5.60 Å². The first kappa shape index (κ1) is 18.0. The number of aryl methyl sites for hydroxylation is 1. The molecule has 1 aromatic rings. The van der Waals surface area contributed by atoms with Gasteiger partial charge >= 0.3 is 6.09 Å². The molecule has 2 N–H and O–H groups in total. The summed E-state index contributed by atoms with van der Waals surface area (Å²) in [5, 5.41) is 6.14. The maximum atomic E-state index is 11.6. The number of nitrogens with one attached hydrogen (secondary N) is 2. The third-order valence-electron chi connectivity index (χ3n) is 2.80. The van der Waals surface area contributed by atoms with Gasteiger partial charge in [-0.2, -0.15) is 0 Å². The van der Waals surface area contributed by atoms with Crippen LogP contribution in [0.1, 0.15) is 38.8 Å². The van der Waals surface area contributed by atoms with Gasteiger partial charge in [-0.15, -0.1) is 0 Å². The Balaban J connectivity index is 2.34. The van der Waals surface area contributed by atoms with E-state index in [9.17, 15) is 4.79 Å². The van der Waals surface area contributed by atoms with Crippen LogP contribution < -0.4 is 10.6 Å². The molecule has 0 saturated heterocycles. The minimum absolute atomic E-state index is 0.158. The van der Waals surface area contributed by atoms with Crippen LogP contribution in [0.3, 0.4) is 0 Å². The van der Waals surface area contributed by atoms with E-state index in [0.29, 0.717) is 6.54 Å². The van der Waals surface area contributed by atoms with Crippen molar-refractivity contribution in [2.75, 3.05) is 6.54 Å². The topological polar surface area (TPSA) is 50.4 Å². The number of hydrogen-bond acceptors (Lipinski definition) is 3. The molecule has 0 aliphatic carbocycles. The van der Waals surface area contributed by atoms with Crippen molar-refractivity contribution in [1.29, 1.82) is 0 Å².